The Morgan fingerprint density at radius 3 is 2.52 bits per heavy atom. The van der Waals surface area contributed by atoms with Crippen LogP contribution in [-0.4, -0.2) is 38.5 Å². The number of carbonyl (C=O) groups is 1. The van der Waals surface area contributed by atoms with Crippen molar-refractivity contribution in [1.29, 1.82) is 0 Å². The summed E-state index contributed by atoms with van der Waals surface area (Å²) in [5.41, 5.74) is 1.47. The molecule has 0 unspecified atom stereocenters. The average Bonchev–Trinajstić information content (AvgIpc) is 3.03. The molecule has 2 aromatic carbocycles. The van der Waals surface area contributed by atoms with Crippen LogP contribution >= 0.6 is 58.2 Å². The van der Waals surface area contributed by atoms with E-state index in [-0.39, 0.29) is 11.7 Å². The van der Waals surface area contributed by atoms with Gasteiger partial charge >= 0.3 is 0 Å². The molecule has 0 saturated carbocycles. The third-order valence-electron chi connectivity index (χ3n) is 3.99. The fourth-order valence-electron chi connectivity index (χ4n) is 2.47. The SMILES string of the molecule is CN(Cc1ccc(Cl)c(Cl)c1)C(=O)CSc1nnc(-c2ccc(Cl)cc2Cl)n1N. The average molecular weight is 491 g/mol. The van der Waals surface area contributed by atoms with Crippen molar-refractivity contribution >= 4 is 64.1 Å². The first-order chi connectivity index (χ1) is 13.8. The molecule has 0 aliphatic rings. The molecule has 0 fully saturated rings. The topological polar surface area (TPSA) is 77.0 Å². The highest BCUT2D eigenvalue weighted by atomic mass is 35.5. The molecule has 3 aromatic rings. The van der Waals surface area contributed by atoms with Crippen molar-refractivity contribution in [3.63, 3.8) is 0 Å². The summed E-state index contributed by atoms with van der Waals surface area (Å²) in [7, 11) is 1.71. The summed E-state index contributed by atoms with van der Waals surface area (Å²) in [5.74, 6) is 6.51. The van der Waals surface area contributed by atoms with E-state index in [1.807, 2.05) is 6.07 Å². The van der Waals surface area contributed by atoms with Crippen LogP contribution in [0.4, 0.5) is 0 Å². The predicted octanol–water partition coefficient (Wildman–Crippen LogP) is 5.02. The van der Waals surface area contributed by atoms with E-state index < -0.39 is 0 Å². The summed E-state index contributed by atoms with van der Waals surface area (Å²) in [6, 6.07) is 10.3. The van der Waals surface area contributed by atoms with Gasteiger partial charge in [0.25, 0.3) is 0 Å². The Morgan fingerprint density at radius 2 is 1.83 bits per heavy atom. The fourth-order valence-corrected chi connectivity index (χ4v) is 4.08. The quantitative estimate of drug-likeness (QED) is 0.387. The number of amides is 1. The summed E-state index contributed by atoms with van der Waals surface area (Å²) in [5, 5.41) is 10.3. The molecule has 0 spiro atoms. The van der Waals surface area contributed by atoms with Gasteiger partial charge in [0.1, 0.15) is 0 Å². The van der Waals surface area contributed by atoms with Gasteiger partial charge < -0.3 is 10.7 Å². The Morgan fingerprint density at radius 1 is 1.07 bits per heavy atom. The second-order valence-electron chi connectivity index (χ2n) is 6.09. The van der Waals surface area contributed by atoms with E-state index in [0.717, 1.165) is 5.56 Å². The van der Waals surface area contributed by atoms with Gasteiger partial charge in [-0.1, -0.05) is 64.2 Å². The van der Waals surface area contributed by atoms with Crippen molar-refractivity contribution in [3.8, 4) is 11.4 Å². The van der Waals surface area contributed by atoms with E-state index in [0.29, 0.717) is 43.2 Å². The molecule has 0 aliphatic heterocycles. The van der Waals surface area contributed by atoms with Crippen molar-refractivity contribution in [3.05, 3.63) is 62.1 Å². The number of nitrogens with zero attached hydrogens (tertiary/aromatic N) is 4. The summed E-state index contributed by atoms with van der Waals surface area (Å²) in [4.78, 5) is 14.0. The van der Waals surface area contributed by atoms with Gasteiger partial charge in [-0.15, -0.1) is 10.2 Å². The Balaban J connectivity index is 1.64. The van der Waals surface area contributed by atoms with Crippen LogP contribution in [0.25, 0.3) is 11.4 Å². The Hall–Kier alpha value is -1.64. The largest absolute Gasteiger partial charge is 0.341 e. The van der Waals surface area contributed by atoms with E-state index >= 15 is 0 Å². The minimum Gasteiger partial charge on any atom is -0.341 e. The van der Waals surface area contributed by atoms with Gasteiger partial charge in [0.2, 0.25) is 11.1 Å². The summed E-state index contributed by atoms with van der Waals surface area (Å²) < 4.78 is 1.30. The minimum atomic E-state index is -0.102. The van der Waals surface area contributed by atoms with E-state index in [1.165, 1.54) is 16.4 Å². The highest BCUT2D eigenvalue weighted by molar-refractivity contribution is 7.99. The van der Waals surface area contributed by atoms with Gasteiger partial charge in [-0.05, 0) is 35.9 Å². The summed E-state index contributed by atoms with van der Waals surface area (Å²) in [6.45, 7) is 0.400. The number of halogens is 4. The fraction of sp³-hybridized carbons (Fsp3) is 0.167. The van der Waals surface area contributed by atoms with E-state index in [4.69, 9.17) is 52.2 Å². The Kier molecular flexibility index (Phi) is 7.19. The molecule has 11 heteroatoms. The molecular weight excluding hydrogens is 476 g/mol. The number of benzene rings is 2. The molecule has 1 aromatic heterocycles. The molecule has 3 rings (SSSR count). The van der Waals surface area contributed by atoms with Gasteiger partial charge in [-0.3, -0.25) is 4.79 Å². The van der Waals surface area contributed by atoms with Crippen LogP contribution < -0.4 is 5.84 Å². The van der Waals surface area contributed by atoms with Crippen LogP contribution in [0, 0.1) is 0 Å². The molecule has 1 amide bonds. The van der Waals surface area contributed by atoms with Crippen LogP contribution in [0.3, 0.4) is 0 Å². The zero-order valence-corrected chi connectivity index (χ0v) is 18.9. The molecule has 1 heterocycles. The smallest absolute Gasteiger partial charge is 0.233 e. The van der Waals surface area contributed by atoms with Crippen LogP contribution in [-0.2, 0) is 11.3 Å². The highest BCUT2D eigenvalue weighted by Crippen LogP contribution is 2.30. The molecule has 0 radical (unpaired) electrons. The van der Waals surface area contributed by atoms with Gasteiger partial charge in [0, 0.05) is 24.2 Å². The maximum Gasteiger partial charge on any atom is 0.233 e. The van der Waals surface area contributed by atoms with E-state index in [1.54, 1.807) is 42.3 Å². The van der Waals surface area contributed by atoms with Crippen LogP contribution in [0.1, 0.15) is 5.56 Å². The minimum absolute atomic E-state index is 0.102. The van der Waals surface area contributed by atoms with E-state index in [9.17, 15) is 4.79 Å². The maximum absolute atomic E-state index is 12.5. The lowest BCUT2D eigenvalue weighted by Gasteiger charge is -2.17. The first-order valence-corrected chi connectivity index (χ1v) is 10.7. The number of thioether (sulfide) groups is 1. The molecule has 0 atom stereocenters. The molecule has 0 aliphatic carbocycles. The summed E-state index contributed by atoms with van der Waals surface area (Å²) >= 11 is 25.2. The van der Waals surface area contributed by atoms with Crippen molar-refractivity contribution in [2.75, 3.05) is 18.6 Å². The number of aromatic nitrogens is 3. The maximum atomic E-state index is 12.5. The third kappa shape index (κ3) is 5.29. The second kappa shape index (κ2) is 9.45. The first kappa shape index (κ1) is 22.1. The lowest BCUT2D eigenvalue weighted by atomic mass is 10.2. The molecule has 152 valence electrons. The number of rotatable bonds is 6. The van der Waals surface area contributed by atoms with Crippen LogP contribution in [0.2, 0.25) is 20.1 Å². The number of hydrogen-bond donors (Lipinski definition) is 1. The van der Waals surface area contributed by atoms with Gasteiger partial charge in [-0.25, -0.2) is 4.68 Å². The molecule has 6 nitrogen and oxygen atoms in total. The summed E-state index contributed by atoms with van der Waals surface area (Å²) in [6.07, 6.45) is 0. The Labute approximate surface area is 191 Å². The Bertz CT molecular complexity index is 1060. The van der Waals surface area contributed by atoms with Crippen molar-refractivity contribution in [2.45, 2.75) is 11.7 Å². The van der Waals surface area contributed by atoms with Gasteiger partial charge in [0.05, 0.1) is 20.8 Å². The predicted molar refractivity (Wildman–Crippen MR) is 119 cm³/mol. The lowest BCUT2D eigenvalue weighted by Crippen LogP contribution is -2.28. The number of hydrogen-bond acceptors (Lipinski definition) is 5. The van der Waals surface area contributed by atoms with Gasteiger partial charge in [-0.2, -0.15) is 0 Å². The van der Waals surface area contributed by atoms with Gasteiger partial charge in [0.15, 0.2) is 5.82 Å². The number of carbonyl (C=O) groups excluding carboxylic acids is 1. The number of nitrogen functional groups attached to an aromatic ring is 1. The van der Waals surface area contributed by atoms with E-state index in [2.05, 4.69) is 10.2 Å². The second-order valence-corrected chi connectivity index (χ2v) is 8.69. The molecule has 29 heavy (non-hydrogen) atoms. The first-order valence-electron chi connectivity index (χ1n) is 8.23. The zero-order valence-electron chi connectivity index (χ0n) is 15.1. The monoisotopic (exact) mass is 489 g/mol. The number of nitrogens with two attached hydrogens (primary N) is 1. The van der Waals surface area contributed by atoms with Crippen molar-refractivity contribution in [1.82, 2.24) is 19.8 Å². The van der Waals surface area contributed by atoms with Crippen molar-refractivity contribution in [2.24, 2.45) is 0 Å². The standard InChI is InChI=1S/C18H15Cl4N5OS/c1-26(8-10-2-5-13(20)15(22)6-10)16(28)9-29-18-25-24-17(27(18)23)12-4-3-11(19)7-14(12)21/h2-7H,8-9,23H2,1H3. The van der Waals surface area contributed by atoms with Crippen LogP contribution in [0.15, 0.2) is 41.6 Å². The zero-order chi connectivity index (χ0) is 21.1. The third-order valence-corrected chi connectivity index (χ3v) is 6.21. The molecule has 2 N–H and O–H groups in total. The molecule has 0 bridgehead atoms. The highest BCUT2D eigenvalue weighted by Gasteiger charge is 2.17. The molecular formula is C18H15Cl4N5OS. The van der Waals surface area contributed by atoms with Crippen molar-refractivity contribution < 1.29 is 4.79 Å². The normalized spacial score (nSPS) is 10.9. The van der Waals surface area contributed by atoms with Crippen LogP contribution in [0.5, 0.6) is 0 Å². The lowest BCUT2D eigenvalue weighted by molar-refractivity contribution is -0.127. The molecule has 0 saturated heterocycles.